The van der Waals surface area contributed by atoms with Crippen molar-refractivity contribution < 1.29 is 36.0 Å². The van der Waals surface area contributed by atoms with E-state index >= 15 is 0 Å². The summed E-state index contributed by atoms with van der Waals surface area (Å²) < 4.78 is 62.7. The van der Waals surface area contributed by atoms with Gasteiger partial charge in [0, 0.05) is 51.4 Å². The van der Waals surface area contributed by atoms with Gasteiger partial charge in [-0.05, 0) is 123 Å². The first kappa shape index (κ1) is 58.0. The number of nitrogens with one attached hydrogen (secondary N) is 4. The molecule has 6 rings (SSSR count). The van der Waals surface area contributed by atoms with E-state index in [1.807, 2.05) is 102 Å². The van der Waals surface area contributed by atoms with E-state index in [2.05, 4.69) is 21.3 Å². The van der Waals surface area contributed by atoms with Crippen LogP contribution < -0.4 is 21.3 Å². The molecule has 404 valence electrons. The molecule has 74 heavy (non-hydrogen) atoms. The van der Waals surface area contributed by atoms with Crippen LogP contribution in [-0.4, -0.2) is 148 Å². The molecule has 4 amide bonds. The molecule has 4 aromatic carbocycles. The highest BCUT2D eigenvalue weighted by Crippen LogP contribution is 2.32. The summed E-state index contributed by atoms with van der Waals surface area (Å²) in [5, 5.41) is 12.8. The van der Waals surface area contributed by atoms with Gasteiger partial charge in [0.15, 0.2) is 0 Å². The Hall–Kier alpha value is -5.24. The lowest BCUT2D eigenvalue weighted by Gasteiger charge is -2.37. The van der Waals surface area contributed by atoms with Crippen molar-refractivity contribution in [2.45, 2.75) is 140 Å². The Bertz CT molecular complexity index is 2610. The summed E-state index contributed by atoms with van der Waals surface area (Å²) in [4.78, 5) is 58.5. The second-order valence-electron chi connectivity index (χ2n) is 22.2. The quantitative estimate of drug-likeness (QED) is 0.0773. The molecular weight excluding hydrogens is 977 g/mol. The predicted octanol–water partition coefficient (Wildman–Crippen LogP) is 5.57. The third-order valence-electron chi connectivity index (χ3n) is 14.6. The summed E-state index contributed by atoms with van der Waals surface area (Å²) in [5.74, 6) is -1.11. The van der Waals surface area contributed by atoms with Gasteiger partial charge in [0.25, 0.3) is 0 Å². The van der Waals surface area contributed by atoms with Crippen LogP contribution in [0.5, 0.6) is 0 Å². The van der Waals surface area contributed by atoms with Gasteiger partial charge in [-0.2, -0.15) is 8.61 Å². The van der Waals surface area contributed by atoms with Crippen LogP contribution in [0.4, 0.5) is 0 Å². The van der Waals surface area contributed by atoms with E-state index in [1.165, 1.54) is 20.7 Å². The van der Waals surface area contributed by atoms with Crippen LogP contribution in [-0.2, 0) is 52.1 Å². The lowest BCUT2D eigenvalue weighted by Crippen LogP contribution is -2.59. The van der Waals surface area contributed by atoms with Crippen LogP contribution in [0.2, 0.25) is 0 Å². The zero-order valence-corrected chi connectivity index (χ0v) is 46.7. The standard InChI is InChI=1S/C56H80N8O8S2/c1-39(57-9)51(65)59-49(55(3,4)5)53(67)63-31-17-23-45(63)37-61(33-29-41-19-13-11-14-20-41)73(69,70)47-27-25-44-36-48(28-26-43(44)35-47)74(71,72)62(34-30-42-21-15-12-16-22-42)38-46-24-18-32-64(46)54(68)50(56(6,7)8)60-52(66)40(2)58-10/h11-16,19-22,25-28,35-36,39-40,45-46,49-50,57-58H,17-18,23-24,29-34,37-38H2,1-10H3,(H,59,65)(H,60,66)/t39-,40-,45-,46-,49+,50+/m0/s1. The van der Waals surface area contributed by atoms with Crippen molar-refractivity contribution in [3.8, 4) is 0 Å². The molecule has 4 N–H and O–H groups in total. The predicted molar refractivity (Wildman–Crippen MR) is 291 cm³/mol. The molecule has 2 heterocycles. The fourth-order valence-electron chi connectivity index (χ4n) is 9.76. The van der Waals surface area contributed by atoms with E-state index in [9.17, 15) is 36.0 Å². The molecule has 4 aromatic rings. The lowest BCUT2D eigenvalue weighted by atomic mass is 9.85. The minimum atomic E-state index is -4.19. The van der Waals surface area contributed by atoms with Gasteiger partial charge in [0.2, 0.25) is 43.7 Å². The van der Waals surface area contributed by atoms with Gasteiger partial charge in [-0.25, -0.2) is 16.8 Å². The number of carbonyl (C=O) groups excluding carboxylic acids is 4. The van der Waals surface area contributed by atoms with E-state index < -0.39 is 67.1 Å². The Kier molecular flexibility index (Phi) is 19.3. The van der Waals surface area contributed by atoms with E-state index in [-0.39, 0.29) is 59.6 Å². The molecule has 0 saturated carbocycles. The first-order valence-corrected chi connectivity index (χ1v) is 28.9. The highest BCUT2D eigenvalue weighted by molar-refractivity contribution is 7.89. The molecule has 18 heteroatoms. The average Bonchev–Trinajstić information content (AvgIpc) is 4.05. The van der Waals surface area contributed by atoms with Crippen molar-refractivity contribution in [1.29, 1.82) is 0 Å². The van der Waals surface area contributed by atoms with Crippen LogP contribution in [0.1, 0.15) is 92.2 Å². The maximum Gasteiger partial charge on any atom is 0.245 e. The zero-order chi connectivity index (χ0) is 54.2. The number of carbonyl (C=O) groups is 4. The fraction of sp³-hybridized carbons (Fsp3) is 0.536. The lowest BCUT2D eigenvalue weighted by molar-refractivity contribution is -0.140. The molecule has 0 aliphatic carbocycles. The second kappa shape index (κ2) is 24.6. The van der Waals surface area contributed by atoms with Crippen molar-refractivity contribution in [2.24, 2.45) is 10.8 Å². The first-order chi connectivity index (χ1) is 34.9. The average molecular weight is 1060 g/mol. The van der Waals surface area contributed by atoms with Crippen molar-refractivity contribution in [3.05, 3.63) is 108 Å². The van der Waals surface area contributed by atoms with E-state index in [4.69, 9.17) is 0 Å². The van der Waals surface area contributed by atoms with Crippen LogP contribution >= 0.6 is 0 Å². The minimum absolute atomic E-state index is 0.0334. The number of likely N-dealkylation sites (tertiary alicyclic amines) is 2. The normalized spacial score (nSPS) is 18.4. The molecule has 2 saturated heterocycles. The summed E-state index contributed by atoms with van der Waals surface area (Å²) in [6.45, 7) is 16.1. The van der Waals surface area contributed by atoms with E-state index in [1.54, 1.807) is 62.0 Å². The number of rotatable bonds is 22. The van der Waals surface area contributed by atoms with Gasteiger partial charge < -0.3 is 31.1 Å². The van der Waals surface area contributed by atoms with Crippen LogP contribution in [0, 0.1) is 10.8 Å². The van der Waals surface area contributed by atoms with Gasteiger partial charge >= 0.3 is 0 Å². The van der Waals surface area contributed by atoms with Gasteiger partial charge in [-0.15, -0.1) is 0 Å². The Morgan fingerprint density at radius 3 is 1.24 bits per heavy atom. The smallest absolute Gasteiger partial charge is 0.245 e. The molecular formula is C56H80N8O8S2. The third-order valence-corrected chi connectivity index (χ3v) is 18.4. The molecule has 2 aliphatic heterocycles. The SMILES string of the molecule is CN[C@@H](C)C(=O)N[C@H](C(=O)N1CCC[C@H]1CN(CCc1ccccc1)S(=O)(=O)c1ccc2cc(S(=O)(=O)N(CCc3ccccc3)C[C@@H]3CCCN3C(=O)[C@@H](NC(=O)[C@H](C)NC)C(C)(C)C)ccc2c1)C(C)(C)C. The summed E-state index contributed by atoms with van der Waals surface area (Å²) in [7, 11) is -5.02. The zero-order valence-electron chi connectivity index (χ0n) is 45.1. The highest BCUT2D eigenvalue weighted by Gasteiger charge is 2.43. The van der Waals surface area contributed by atoms with Crippen molar-refractivity contribution in [2.75, 3.05) is 53.4 Å². The summed E-state index contributed by atoms with van der Waals surface area (Å²) in [6, 6.07) is 25.0. The monoisotopic (exact) mass is 1060 g/mol. The van der Waals surface area contributed by atoms with Crippen LogP contribution in [0.3, 0.4) is 0 Å². The van der Waals surface area contributed by atoms with Gasteiger partial charge in [0.1, 0.15) is 12.1 Å². The van der Waals surface area contributed by atoms with E-state index in [0.717, 1.165) is 11.1 Å². The molecule has 6 atom stereocenters. The van der Waals surface area contributed by atoms with Gasteiger partial charge in [-0.1, -0.05) is 114 Å². The number of fused-ring (bicyclic) bond motifs is 1. The van der Waals surface area contributed by atoms with Crippen molar-refractivity contribution >= 4 is 54.4 Å². The van der Waals surface area contributed by atoms with Crippen LogP contribution in [0.25, 0.3) is 10.8 Å². The van der Waals surface area contributed by atoms with E-state index in [0.29, 0.717) is 62.4 Å². The molecule has 0 aromatic heterocycles. The topological polar surface area (TPSA) is 198 Å². The van der Waals surface area contributed by atoms with Gasteiger partial charge in [-0.3, -0.25) is 19.2 Å². The first-order valence-electron chi connectivity index (χ1n) is 26.0. The molecule has 0 spiro atoms. The Morgan fingerprint density at radius 1 is 0.568 bits per heavy atom. The van der Waals surface area contributed by atoms with Crippen molar-refractivity contribution in [3.63, 3.8) is 0 Å². The maximum absolute atomic E-state index is 14.9. The minimum Gasteiger partial charge on any atom is -0.342 e. The third kappa shape index (κ3) is 14.2. The largest absolute Gasteiger partial charge is 0.342 e. The molecule has 2 aliphatic rings. The van der Waals surface area contributed by atoms with Crippen molar-refractivity contribution in [1.82, 2.24) is 39.7 Å². The number of benzene rings is 4. The summed E-state index contributed by atoms with van der Waals surface area (Å²) >= 11 is 0. The summed E-state index contributed by atoms with van der Waals surface area (Å²) in [5.41, 5.74) is 0.653. The Balaban J connectivity index is 1.29. The molecule has 0 radical (unpaired) electrons. The fourth-order valence-corrected chi connectivity index (χ4v) is 12.8. The summed E-state index contributed by atoms with van der Waals surface area (Å²) in [6.07, 6.45) is 3.37. The number of hydrogen-bond acceptors (Lipinski definition) is 10. The second-order valence-corrected chi connectivity index (χ2v) is 26.0. The maximum atomic E-state index is 14.9. The van der Waals surface area contributed by atoms with Crippen LogP contribution in [0.15, 0.2) is 107 Å². The number of nitrogens with zero attached hydrogens (tertiary/aromatic N) is 4. The van der Waals surface area contributed by atoms with Gasteiger partial charge in [0.05, 0.1) is 21.9 Å². The Labute approximate surface area is 440 Å². The number of sulfonamides is 2. The number of hydrogen-bond donors (Lipinski definition) is 4. The molecule has 0 bridgehead atoms. The Morgan fingerprint density at radius 2 is 0.919 bits per heavy atom. The number of likely N-dealkylation sites (N-methyl/N-ethyl adjacent to an activating group) is 2. The molecule has 16 nitrogen and oxygen atoms in total. The highest BCUT2D eigenvalue weighted by atomic mass is 32.2. The molecule has 0 unspecified atom stereocenters. The molecule has 2 fully saturated rings. The number of amides is 4.